The Morgan fingerprint density at radius 1 is 1.04 bits per heavy atom. The van der Waals surface area contributed by atoms with E-state index in [4.69, 9.17) is 23.2 Å². The molecule has 140 valence electrons. The fourth-order valence-corrected chi connectivity index (χ4v) is 2.84. The number of halogens is 5. The normalized spacial score (nSPS) is 11.6. The van der Waals surface area contributed by atoms with Gasteiger partial charge in [-0.25, -0.2) is 4.79 Å². The van der Waals surface area contributed by atoms with Crippen LogP contribution in [-0.4, -0.2) is 20.9 Å². The van der Waals surface area contributed by atoms with Gasteiger partial charge in [-0.2, -0.15) is 18.3 Å². The van der Waals surface area contributed by atoms with E-state index in [1.165, 1.54) is 22.9 Å². The maximum atomic E-state index is 12.8. The van der Waals surface area contributed by atoms with Gasteiger partial charge >= 0.3 is 12.1 Å². The smallest absolute Gasteiger partial charge is 0.416 e. The van der Waals surface area contributed by atoms with Gasteiger partial charge < -0.3 is 5.11 Å². The van der Waals surface area contributed by atoms with E-state index in [0.29, 0.717) is 26.9 Å². The van der Waals surface area contributed by atoms with E-state index in [1.54, 1.807) is 18.2 Å². The van der Waals surface area contributed by atoms with E-state index >= 15 is 0 Å². The highest BCUT2D eigenvalue weighted by Gasteiger charge is 2.30. The van der Waals surface area contributed by atoms with Crippen LogP contribution in [0.1, 0.15) is 21.6 Å². The van der Waals surface area contributed by atoms with Crippen molar-refractivity contribution >= 4 is 29.2 Å². The molecular weight excluding hydrogens is 404 g/mol. The number of aromatic carboxylic acids is 1. The Labute approximate surface area is 161 Å². The van der Waals surface area contributed by atoms with Crippen molar-refractivity contribution in [3.63, 3.8) is 0 Å². The molecule has 1 heterocycles. The number of benzene rings is 2. The van der Waals surface area contributed by atoms with Gasteiger partial charge in [0.05, 0.1) is 27.8 Å². The Hall–Kier alpha value is -2.51. The minimum atomic E-state index is -4.45. The van der Waals surface area contributed by atoms with Crippen molar-refractivity contribution in [2.75, 3.05) is 0 Å². The van der Waals surface area contributed by atoms with Crippen LogP contribution in [0.3, 0.4) is 0 Å². The van der Waals surface area contributed by atoms with Crippen molar-refractivity contribution in [1.82, 2.24) is 9.78 Å². The minimum Gasteiger partial charge on any atom is -0.476 e. The molecule has 0 radical (unpaired) electrons. The fraction of sp³-hybridized carbons (Fsp3) is 0.111. The molecule has 1 aromatic heterocycles. The van der Waals surface area contributed by atoms with E-state index < -0.39 is 17.7 Å². The van der Waals surface area contributed by atoms with Gasteiger partial charge in [-0.05, 0) is 41.5 Å². The van der Waals surface area contributed by atoms with Crippen LogP contribution >= 0.6 is 23.2 Å². The number of rotatable bonds is 4. The summed E-state index contributed by atoms with van der Waals surface area (Å²) in [7, 11) is 0. The minimum absolute atomic E-state index is 0.167. The summed E-state index contributed by atoms with van der Waals surface area (Å²) in [4.78, 5) is 11.3. The Kier molecular flexibility index (Phi) is 5.17. The molecule has 0 aliphatic rings. The third-order valence-electron chi connectivity index (χ3n) is 3.82. The largest absolute Gasteiger partial charge is 0.476 e. The van der Waals surface area contributed by atoms with Gasteiger partial charge in [0.1, 0.15) is 0 Å². The number of aromatic nitrogens is 2. The molecule has 1 N–H and O–H groups in total. The van der Waals surface area contributed by atoms with Crippen LogP contribution in [-0.2, 0) is 12.7 Å². The molecule has 0 bridgehead atoms. The second-order valence-corrected chi connectivity index (χ2v) is 6.52. The molecule has 2 aromatic carbocycles. The molecule has 3 rings (SSSR count). The summed E-state index contributed by atoms with van der Waals surface area (Å²) in [6.07, 6.45) is -4.45. The molecule has 9 heteroatoms. The van der Waals surface area contributed by atoms with Crippen molar-refractivity contribution in [1.29, 1.82) is 0 Å². The predicted molar refractivity (Wildman–Crippen MR) is 95.2 cm³/mol. The third kappa shape index (κ3) is 4.26. The lowest BCUT2D eigenvalue weighted by Gasteiger charge is -2.10. The Morgan fingerprint density at radius 3 is 2.26 bits per heavy atom. The van der Waals surface area contributed by atoms with Crippen LogP contribution in [0.2, 0.25) is 10.0 Å². The van der Waals surface area contributed by atoms with E-state index in [0.717, 1.165) is 12.1 Å². The van der Waals surface area contributed by atoms with E-state index in [1.807, 2.05) is 0 Å². The first kappa shape index (κ1) is 19.3. The summed E-state index contributed by atoms with van der Waals surface area (Å²) in [5, 5.41) is 13.9. The molecule has 0 aliphatic heterocycles. The Bertz CT molecular complexity index is 999. The zero-order valence-electron chi connectivity index (χ0n) is 13.5. The zero-order valence-corrected chi connectivity index (χ0v) is 15.0. The van der Waals surface area contributed by atoms with Crippen molar-refractivity contribution in [2.45, 2.75) is 12.7 Å². The number of alkyl halides is 3. The van der Waals surface area contributed by atoms with E-state index in [-0.39, 0.29) is 12.2 Å². The summed E-state index contributed by atoms with van der Waals surface area (Å²) in [5.41, 5.74) is 0.470. The molecule has 0 fully saturated rings. The van der Waals surface area contributed by atoms with Crippen LogP contribution in [0.5, 0.6) is 0 Å². The molecule has 0 spiro atoms. The maximum Gasteiger partial charge on any atom is 0.416 e. The first-order valence-corrected chi connectivity index (χ1v) is 8.33. The number of nitrogens with zero attached hydrogens (tertiary/aromatic N) is 2. The van der Waals surface area contributed by atoms with Crippen molar-refractivity contribution in [2.24, 2.45) is 0 Å². The van der Waals surface area contributed by atoms with Crippen LogP contribution in [0.4, 0.5) is 13.2 Å². The molecule has 0 atom stereocenters. The molecule has 3 aromatic rings. The SMILES string of the molecule is O=C(O)c1cc(-c2ccc(C(F)(F)F)cc2)n(Cc2ccc(Cl)c(Cl)c2)n1. The molecule has 0 amide bonds. The van der Waals surface area contributed by atoms with Gasteiger partial charge in [0.2, 0.25) is 0 Å². The first-order valence-electron chi connectivity index (χ1n) is 7.58. The molecule has 0 aliphatic carbocycles. The number of carboxylic acid groups (broad SMARTS) is 1. The van der Waals surface area contributed by atoms with Gasteiger partial charge in [0, 0.05) is 0 Å². The average Bonchev–Trinajstić information content (AvgIpc) is 3.02. The zero-order chi connectivity index (χ0) is 19.8. The summed E-state index contributed by atoms with van der Waals surface area (Å²) in [6, 6.07) is 10.6. The maximum absolute atomic E-state index is 12.8. The first-order chi connectivity index (χ1) is 12.6. The fourth-order valence-electron chi connectivity index (χ4n) is 2.52. The van der Waals surface area contributed by atoms with Gasteiger partial charge in [0.25, 0.3) is 0 Å². The van der Waals surface area contributed by atoms with Crippen LogP contribution in [0.15, 0.2) is 48.5 Å². The third-order valence-corrected chi connectivity index (χ3v) is 4.56. The van der Waals surface area contributed by atoms with Gasteiger partial charge in [-0.15, -0.1) is 0 Å². The van der Waals surface area contributed by atoms with E-state index in [2.05, 4.69) is 5.10 Å². The Morgan fingerprint density at radius 2 is 1.70 bits per heavy atom. The highest BCUT2D eigenvalue weighted by Crippen LogP contribution is 2.31. The quantitative estimate of drug-likeness (QED) is 0.602. The number of carbonyl (C=O) groups is 1. The topological polar surface area (TPSA) is 55.1 Å². The van der Waals surface area contributed by atoms with Gasteiger partial charge in [0.15, 0.2) is 5.69 Å². The highest BCUT2D eigenvalue weighted by atomic mass is 35.5. The standard InChI is InChI=1S/C18H11Cl2F3N2O2/c19-13-6-1-10(7-14(13)20)9-25-16(8-15(24-25)17(26)27)11-2-4-12(5-3-11)18(21,22)23/h1-8H,9H2,(H,26,27). The monoisotopic (exact) mass is 414 g/mol. The van der Waals surface area contributed by atoms with Crippen LogP contribution in [0.25, 0.3) is 11.3 Å². The Balaban J connectivity index is 2.01. The summed E-state index contributed by atoms with van der Waals surface area (Å²) < 4.78 is 39.6. The molecular formula is C18H11Cl2F3N2O2. The highest BCUT2D eigenvalue weighted by molar-refractivity contribution is 6.42. The molecule has 0 saturated heterocycles. The van der Waals surface area contributed by atoms with Crippen molar-refractivity contribution in [3.05, 3.63) is 75.4 Å². The van der Waals surface area contributed by atoms with Crippen molar-refractivity contribution < 1.29 is 23.1 Å². The predicted octanol–water partition coefficient (Wildman–Crippen LogP) is 5.62. The second-order valence-electron chi connectivity index (χ2n) is 5.70. The number of hydrogen-bond acceptors (Lipinski definition) is 2. The summed E-state index contributed by atoms with van der Waals surface area (Å²) in [5.74, 6) is -1.24. The molecule has 4 nitrogen and oxygen atoms in total. The number of hydrogen-bond donors (Lipinski definition) is 1. The second kappa shape index (κ2) is 7.25. The lowest BCUT2D eigenvalue weighted by atomic mass is 10.1. The summed E-state index contributed by atoms with van der Waals surface area (Å²) in [6.45, 7) is 0.167. The lowest BCUT2D eigenvalue weighted by molar-refractivity contribution is -0.137. The van der Waals surface area contributed by atoms with Crippen LogP contribution in [0, 0.1) is 0 Å². The average molecular weight is 415 g/mol. The van der Waals surface area contributed by atoms with Crippen LogP contribution < -0.4 is 0 Å². The van der Waals surface area contributed by atoms with Gasteiger partial charge in [-0.1, -0.05) is 41.4 Å². The van der Waals surface area contributed by atoms with E-state index in [9.17, 15) is 23.1 Å². The lowest BCUT2D eigenvalue weighted by Crippen LogP contribution is -2.07. The van der Waals surface area contributed by atoms with Gasteiger partial charge in [-0.3, -0.25) is 4.68 Å². The molecule has 0 saturated carbocycles. The number of carboxylic acids is 1. The summed E-state index contributed by atoms with van der Waals surface area (Å²) >= 11 is 11.9. The molecule has 27 heavy (non-hydrogen) atoms. The van der Waals surface area contributed by atoms with Crippen molar-refractivity contribution in [3.8, 4) is 11.3 Å². The molecule has 0 unspecified atom stereocenters.